The number of likely N-dealkylation sites (N-methyl/N-ethyl adjacent to an activating group) is 1. The minimum Gasteiger partial charge on any atom is -0.346 e. The summed E-state index contributed by atoms with van der Waals surface area (Å²) in [5.74, 6) is 0. The summed E-state index contributed by atoms with van der Waals surface area (Å²) in [5, 5.41) is 6.16. The minimum absolute atomic E-state index is 0.108. The Labute approximate surface area is 178 Å². The van der Waals surface area contributed by atoms with Gasteiger partial charge in [-0.25, -0.2) is 4.78 Å². The van der Waals surface area contributed by atoms with Crippen molar-refractivity contribution < 1.29 is 0 Å². The smallest absolute Gasteiger partial charge is 0.154 e. The molecule has 2 aromatic carbocycles. The summed E-state index contributed by atoms with van der Waals surface area (Å²) < 4.78 is 4.69. The summed E-state index contributed by atoms with van der Waals surface area (Å²) in [6.07, 6.45) is 2.24. The number of hydrogen-bond donors (Lipinski definition) is 0. The van der Waals surface area contributed by atoms with Crippen LogP contribution >= 0.6 is 6.34 Å². The SMILES string of the molecule is CN1/C(=C2\C=NN(c3ccccc3)[P@]2(=S)N2CCCC2)C(C)(C)c2ccccc21. The lowest BCUT2D eigenvalue weighted by molar-refractivity contribution is 0.563. The van der Waals surface area contributed by atoms with Gasteiger partial charge >= 0.3 is 0 Å². The van der Waals surface area contributed by atoms with Crippen LogP contribution in [-0.2, 0) is 17.2 Å². The highest BCUT2D eigenvalue weighted by Gasteiger charge is 2.48. The summed E-state index contributed by atoms with van der Waals surface area (Å²) in [6, 6.07) is 19.2. The first-order valence-corrected chi connectivity index (χ1v) is 13.0. The van der Waals surface area contributed by atoms with Crippen molar-refractivity contribution in [1.82, 2.24) is 4.67 Å². The zero-order chi connectivity index (χ0) is 20.2. The molecule has 0 bridgehead atoms. The Kier molecular flexibility index (Phi) is 4.47. The zero-order valence-corrected chi connectivity index (χ0v) is 19.0. The Morgan fingerprint density at radius 3 is 2.31 bits per heavy atom. The summed E-state index contributed by atoms with van der Waals surface area (Å²) in [6.45, 7) is 6.75. The molecule has 1 saturated heterocycles. The van der Waals surface area contributed by atoms with Gasteiger partial charge in [-0.05, 0) is 36.6 Å². The van der Waals surface area contributed by atoms with Gasteiger partial charge in [-0.1, -0.05) is 62.1 Å². The molecule has 3 heterocycles. The summed E-state index contributed by atoms with van der Waals surface area (Å²) in [5.41, 5.74) is 4.92. The van der Waals surface area contributed by atoms with Crippen molar-refractivity contribution in [3.05, 3.63) is 71.2 Å². The molecule has 1 fully saturated rings. The summed E-state index contributed by atoms with van der Waals surface area (Å²) >= 11 is 6.61. The Hall–Kier alpha value is -1.94. The molecule has 0 N–H and O–H groups in total. The number of rotatable bonds is 2. The van der Waals surface area contributed by atoms with Crippen molar-refractivity contribution in [2.75, 3.05) is 29.8 Å². The van der Waals surface area contributed by atoms with Crippen LogP contribution in [0.15, 0.2) is 70.7 Å². The van der Waals surface area contributed by atoms with Gasteiger partial charge in [-0.2, -0.15) is 5.10 Å². The van der Waals surface area contributed by atoms with E-state index in [1.165, 1.54) is 35.1 Å². The molecular formula is C23H27N4PS. The average Bonchev–Trinajstić information content (AvgIpc) is 3.42. The van der Waals surface area contributed by atoms with Crippen LogP contribution in [0.5, 0.6) is 0 Å². The molecule has 29 heavy (non-hydrogen) atoms. The van der Waals surface area contributed by atoms with Crippen molar-refractivity contribution in [3.63, 3.8) is 0 Å². The van der Waals surface area contributed by atoms with E-state index in [0.29, 0.717) is 0 Å². The van der Waals surface area contributed by atoms with Crippen LogP contribution in [0.2, 0.25) is 0 Å². The molecule has 0 saturated carbocycles. The lowest BCUT2D eigenvalue weighted by Gasteiger charge is -2.38. The molecule has 150 valence electrons. The maximum absolute atomic E-state index is 6.61. The highest BCUT2D eigenvalue weighted by atomic mass is 32.4. The van der Waals surface area contributed by atoms with Crippen molar-refractivity contribution in [3.8, 4) is 0 Å². The molecular weight excluding hydrogens is 395 g/mol. The maximum Gasteiger partial charge on any atom is 0.154 e. The van der Waals surface area contributed by atoms with Gasteiger partial charge in [0.25, 0.3) is 0 Å². The molecule has 0 aliphatic carbocycles. The van der Waals surface area contributed by atoms with E-state index in [-0.39, 0.29) is 5.41 Å². The highest BCUT2D eigenvalue weighted by molar-refractivity contribution is 8.16. The molecule has 2 aromatic rings. The predicted octanol–water partition coefficient (Wildman–Crippen LogP) is 5.54. The van der Waals surface area contributed by atoms with E-state index >= 15 is 0 Å². The number of nitrogens with zero attached hydrogens (tertiary/aromatic N) is 4. The van der Waals surface area contributed by atoms with E-state index in [1.807, 2.05) is 6.07 Å². The standard InChI is InChI=1S/C23H27N4PS/c1-23(2)19-13-7-8-14-20(19)25(3)22(23)21-17-24-27(18-11-5-4-6-12-18)28(21,29)26-15-9-10-16-26/h4-8,11-14,17H,9-10,15-16H2,1-3H3/b22-21+/t28-/m1/s1. The number of hydrogen-bond acceptors (Lipinski definition) is 3. The van der Waals surface area contributed by atoms with E-state index in [0.717, 1.165) is 18.8 Å². The third-order valence-corrected chi connectivity index (χ3v) is 11.1. The van der Waals surface area contributed by atoms with Crippen LogP contribution in [-0.4, -0.2) is 31.0 Å². The quantitative estimate of drug-likeness (QED) is 0.593. The topological polar surface area (TPSA) is 22.1 Å². The second-order valence-corrected chi connectivity index (χ2v) is 12.6. The molecule has 3 aliphatic heterocycles. The van der Waals surface area contributed by atoms with E-state index in [2.05, 4.69) is 90.0 Å². The largest absolute Gasteiger partial charge is 0.346 e. The van der Waals surface area contributed by atoms with E-state index in [1.54, 1.807) is 0 Å². The maximum atomic E-state index is 6.61. The second kappa shape index (κ2) is 6.80. The Bertz CT molecular complexity index is 1050. The molecule has 5 rings (SSSR count). The van der Waals surface area contributed by atoms with Gasteiger partial charge < -0.3 is 4.90 Å². The van der Waals surface area contributed by atoms with Crippen molar-refractivity contribution in [1.29, 1.82) is 0 Å². The van der Waals surface area contributed by atoms with Gasteiger partial charge in [0.15, 0.2) is 6.34 Å². The average molecular weight is 423 g/mol. The molecule has 3 aliphatic rings. The third kappa shape index (κ3) is 2.68. The van der Waals surface area contributed by atoms with Gasteiger partial charge in [-0.15, -0.1) is 0 Å². The Morgan fingerprint density at radius 2 is 1.62 bits per heavy atom. The number of para-hydroxylation sites is 2. The highest BCUT2D eigenvalue weighted by Crippen LogP contribution is 2.68. The van der Waals surface area contributed by atoms with Gasteiger partial charge in [-0.3, -0.25) is 4.67 Å². The van der Waals surface area contributed by atoms with Crippen LogP contribution in [0.3, 0.4) is 0 Å². The Balaban J connectivity index is 1.73. The van der Waals surface area contributed by atoms with Crippen molar-refractivity contribution in [2.24, 2.45) is 5.10 Å². The van der Waals surface area contributed by atoms with Gasteiger partial charge in [0, 0.05) is 36.9 Å². The van der Waals surface area contributed by atoms with Gasteiger partial charge in [0.1, 0.15) is 0 Å². The number of anilines is 2. The van der Waals surface area contributed by atoms with Crippen LogP contribution in [0.1, 0.15) is 32.3 Å². The van der Waals surface area contributed by atoms with E-state index in [9.17, 15) is 0 Å². The predicted molar refractivity (Wildman–Crippen MR) is 127 cm³/mol. The van der Waals surface area contributed by atoms with Gasteiger partial charge in [0.2, 0.25) is 0 Å². The van der Waals surface area contributed by atoms with Gasteiger partial charge in [0.05, 0.1) is 17.2 Å². The molecule has 0 amide bonds. The lowest BCUT2D eigenvalue weighted by Crippen LogP contribution is -2.30. The minimum atomic E-state index is -2.24. The number of fused-ring (bicyclic) bond motifs is 1. The van der Waals surface area contributed by atoms with Crippen LogP contribution < -0.4 is 9.68 Å². The number of hydrazone groups is 1. The fraction of sp³-hybridized carbons (Fsp3) is 0.348. The van der Waals surface area contributed by atoms with Crippen molar-refractivity contribution >= 4 is 35.7 Å². The Morgan fingerprint density at radius 1 is 0.966 bits per heavy atom. The van der Waals surface area contributed by atoms with E-state index < -0.39 is 6.34 Å². The monoisotopic (exact) mass is 422 g/mol. The number of benzene rings is 2. The summed E-state index contributed by atoms with van der Waals surface area (Å²) in [7, 11) is 2.18. The fourth-order valence-corrected chi connectivity index (χ4v) is 9.46. The molecule has 0 unspecified atom stereocenters. The molecule has 0 aromatic heterocycles. The first kappa shape index (κ1) is 19.0. The zero-order valence-electron chi connectivity index (χ0n) is 17.2. The first-order chi connectivity index (χ1) is 14.0. The molecule has 6 heteroatoms. The second-order valence-electron chi connectivity index (χ2n) is 8.51. The lowest BCUT2D eigenvalue weighted by atomic mass is 9.84. The van der Waals surface area contributed by atoms with Crippen LogP contribution in [0.4, 0.5) is 11.4 Å². The molecule has 0 spiro atoms. The van der Waals surface area contributed by atoms with E-state index in [4.69, 9.17) is 16.9 Å². The fourth-order valence-electron chi connectivity index (χ4n) is 5.04. The number of allylic oxidation sites excluding steroid dienone is 2. The normalized spacial score (nSPS) is 28.4. The molecule has 0 radical (unpaired) electrons. The third-order valence-electron chi connectivity index (χ3n) is 6.42. The van der Waals surface area contributed by atoms with Crippen LogP contribution in [0, 0.1) is 0 Å². The van der Waals surface area contributed by atoms with Crippen molar-refractivity contribution in [2.45, 2.75) is 32.1 Å². The van der Waals surface area contributed by atoms with Crippen LogP contribution in [0.25, 0.3) is 0 Å². The summed E-state index contributed by atoms with van der Waals surface area (Å²) in [4.78, 5) is 2.35. The molecule has 1 atom stereocenters. The first-order valence-electron chi connectivity index (χ1n) is 10.3. The molecule has 4 nitrogen and oxygen atoms in total.